The first-order valence-corrected chi connectivity index (χ1v) is 5.73. The molecule has 0 saturated carbocycles. The van der Waals surface area contributed by atoms with E-state index >= 15 is 0 Å². The largest absolute Gasteiger partial charge is 0.362 e. The van der Waals surface area contributed by atoms with E-state index in [1.54, 1.807) is 11.5 Å². The summed E-state index contributed by atoms with van der Waals surface area (Å²) in [6.45, 7) is 6.45. The van der Waals surface area contributed by atoms with Crippen LogP contribution in [0.25, 0.3) is 10.9 Å². The standard InChI is InChI=1S/C11H14N2S/c1-3-13(4-2)11-9-7-5-6-8-10(9)12-14-11/h5-8H,3-4H2,1-2H3. The molecule has 14 heavy (non-hydrogen) atoms. The van der Waals surface area contributed by atoms with Crippen LogP contribution < -0.4 is 4.90 Å². The van der Waals surface area contributed by atoms with Crippen molar-refractivity contribution in [1.29, 1.82) is 0 Å². The molecule has 0 bridgehead atoms. The van der Waals surface area contributed by atoms with Crippen molar-refractivity contribution in [3.63, 3.8) is 0 Å². The molecule has 0 aliphatic rings. The lowest BCUT2D eigenvalue weighted by Gasteiger charge is -2.18. The van der Waals surface area contributed by atoms with Gasteiger partial charge in [0.15, 0.2) is 0 Å². The molecule has 1 aromatic heterocycles. The van der Waals surface area contributed by atoms with Gasteiger partial charge in [-0.1, -0.05) is 12.1 Å². The van der Waals surface area contributed by atoms with Crippen LogP contribution in [0.3, 0.4) is 0 Å². The van der Waals surface area contributed by atoms with Crippen molar-refractivity contribution >= 4 is 27.4 Å². The molecule has 0 N–H and O–H groups in total. The highest BCUT2D eigenvalue weighted by atomic mass is 32.1. The SMILES string of the molecule is CCN(CC)c1snc2ccccc12. The Bertz CT molecular complexity index is 418. The first-order chi connectivity index (χ1) is 6.86. The van der Waals surface area contributed by atoms with Crippen molar-refractivity contribution in [2.45, 2.75) is 13.8 Å². The second-order valence-electron chi connectivity index (χ2n) is 3.18. The molecular weight excluding hydrogens is 192 g/mol. The lowest BCUT2D eigenvalue weighted by Crippen LogP contribution is -2.20. The summed E-state index contributed by atoms with van der Waals surface area (Å²) < 4.78 is 4.44. The van der Waals surface area contributed by atoms with Crippen molar-refractivity contribution in [3.8, 4) is 0 Å². The minimum absolute atomic E-state index is 1.04. The van der Waals surface area contributed by atoms with E-state index in [0.29, 0.717) is 0 Å². The molecule has 0 aliphatic heterocycles. The Morgan fingerprint density at radius 2 is 1.93 bits per heavy atom. The van der Waals surface area contributed by atoms with Crippen molar-refractivity contribution in [1.82, 2.24) is 4.37 Å². The number of hydrogen-bond donors (Lipinski definition) is 0. The Labute approximate surface area is 88.3 Å². The van der Waals surface area contributed by atoms with Crippen LogP contribution >= 0.6 is 11.5 Å². The third kappa shape index (κ3) is 1.48. The van der Waals surface area contributed by atoms with Gasteiger partial charge in [-0.05, 0) is 37.5 Å². The van der Waals surface area contributed by atoms with E-state index in [2.05, 4.69) is 41.3 Å². The molecule has 2 aromatic rings. The third-order valence-corrected chi connectivity index (χ3v) is 3.35. The molecule has 1 heterocycles. The molecule has 0 unspecified atom stereocenters. The number of fused-ring (bicyclic) bond motifs is 1. The fourth-order valence-corrected chi connectivity index (χ4v) is 2.60. The third-order valence-electron chi connectivity index (χ3n) is 2.42. The smallest absolute Gasteiger partial charge is 0.119 e. The van der Waals surface area contributed by atoms with Crippen LogP contribution in [-0.4, -0.2) is 17.5 Å². The Balaban J connectivity index is 2.51. The van der Waals surface area contributed by atoms with Crippen LogP contribution in [0.5, 0.6) is 0 Å². The second kappa shape index (κ2) is 3.96. The number of benzene rings is 1. The second-order valence-corrected chi connectivity index (χ2v) is 3.93. The highest BCUT2D eigenvalue weighted by molar-refractivity contribution is 7.11. The van der Waals surface area contributed by atoms with Gasteiger partial charge in [-0.15, -0.1) is 0 Å². The van der Waals surface area contributed by atoms with Gasteiger partial charge in [0.25, 0.3) is 0 Å². The summed E-state index contributed by atoms with van der Waals surface area (Å²) in [4.78, 5) is 2.35. The highest BCUT2D eigenvalue weighted by Crippen LogP contribution is 2.30. The summed E-state index contributed by atoms with van der Waals surface area (Å²) in [5.74, 6) is 0. The van der Waals surface area contributed by atoms with E-state index in [0.717, 1.165) is 18.6 Å². The zero-order valence-electron chi connectivity index (χ0n) is 8.53. The van der Waals surface area contributed by atoms with Gasteiger partial charge in [-0.2, -0.15) is 4.37 Å². The van der Waals surface area contributed by atoms with Gasteiger partial charge in [0, 0.05) is 18.5 Å². The Morgan fingerprint density at radius 1 is 1.21 bits per heavy atom. The maximum Gasteiger partial charge on any atom is 0.119 e. The predicted octanol–water partition coefficient (Wildman–Crippen LogP) is 3.14. The molecule has 0 amide bonds. The molecule has 0 radical (unpaired) electrons. The highest BCUT2D eigenvalue weighted by Gasteiger charge is 2.09. The number of hydrogen-bond acceptors (Lipinski definition) is 3. The van der Waals surface area contributed by atoms with Crippen LogP contribution in [0.1, 0.15) is 13.8 Å². The molecule has 1 aromatic carbocycles. The number of anilines is 1. The zero-order chi connectivity index (χ0) is 9.97. The van der Waals surface area contributed by atoms with Crippen LogP contribution in [0.15, 0.2) is 24.3 Å². The van der Waals surface area contributed by atoms with E-state index in [4.69, 9.17) is 0 Å². The summed E-state index contributed by atoms with van der Waals surface area (Å²) in [6.07, 6.45) is 0. The van der Waals surface area contributed by atoms with Crippen molar-refractivity contribution in [2.75, 3.05) is 18.0 Å². The minimum Gasteiger partial charge on any atom is -0.362 e. The number of nitrogens with zero attached hydrogens (tertiary/aromatic N) is 2. The van der Waals surface area contributed by atoms with Crippen molar-refractivity contribution in [2.24, 2.45) is 0 Å². The summed E-state index contributed by atoms with van der Waals surface area (Å²) in [7, 11) is 0. The topological polar surface area (TPSA) is 16.1 Å². The van der Waals surface area contributed by atoms with E-state index in [9.17, 15) is 0 Å². The lowest BCUT2D eigenvalue weighted by molar-refractivity contribution is 0.880. The first-order valence-electron chi connectivity index (χ1n) is 4.96. The zero-order valence-corrected chi connectivity index (χ0v) is 9.34. The van der Waals surface area contributed by atoms with E-state index in [1.165, 1.54) is 10.4 Å². The van der Waals surface area contributed by atoms with Gasteiger partial charge >= 0.3 is 0 Å². The quantitative estimate of drug-likeness (QED) is 0.767. The Morgan fingerprint density at radius 3 is 2.64 bits per heavy atom. The number of rotatable bonds is 3. The first kappa shape index (κ1) is 9.46. The molecule has 2 nitrogen and oxygen atoms in total. The number of aromatic nitrogens is 1. The van der Waals surface area contributed by atoms with Gasteiger partial charge < -0.3 is 4.90 Å². The maximum atomic E-state index is 4.44. The van der Waals surface area contributed by atoms with Gasteiger partial charge in [0.05, 0.1) is 5.52 Å². The van der Waals surface area contributed by atoms with Gasteiger partial charge in [-0.25, -0.2) is 0 Å². The summed E-state index contributed by atoms with van der Waals surface area (Å²) in [6, 6.07) is 8.32. The monoisotopic (exact) mass is 206 g/mol. The maximum absolute atomic E-state index is 4.44. The van der Waals surface area contributed by atoms with Crippen LogP contribution in [-0.2, 0) is 0 Å². The lowest BCUT2D eigenvalue weighted by atomic mass is 10.2. The van der Waals surface area contributed by atoms with Crippen molar-refractivity contribution in [3.05, 3.63) is 24.3 Å². The normalized spacial score (nSPS) is 10.7. The fourth-order valence-electron chi connectivity index (χ4n) is 1.61. The Kier molecular flexibility index (Phi) is 2.68. The average Bonchev–Trinajstić information content (AvgIpc) is 2.65. The predicted molar refractivity (Wildman–Crippen MR) is 63.2 cm³/mol. The molecule has 0 atom stereocenters. The van der Waals surface area contributed by atoms with E-state index in [-0.39, 0.29) is 0 Å². The molecule has 3 heteroatoms. The molecule has 2 rings (SSSR count). The summed E-state index contributed by atoms with van der Waals surface area (Å²) >= 11 is 1.60. The van der Waals surface area contributed by atoms with Gasteiger partial charge in [-0.3, -0.25) is 0 Å². The fraction of sp³-hybridized carbons (Fsp3) is 0.364. The van der Waals surface area contributed by atoms with Crippen LogP contribution in [0.4, 0.5) is 5.00 Å². The molecule has 74 valence electrons. The Hall–Kier alpha value is -1.09. The van der Waals surface area contributed by atoms with E-state index in [1.807, 2.05) is 6.07 Å². The van der Waals surface area contributed by atoms with Crippen LogP contribution in [0, 0.1) is 0 Å². The summed E-state index contributed by atoms with van der Waals surface area (Å²) in [5, 5.41) is 2.58. The molecule has 0 spiro atoms. The van der Waals surface area contributed by atoms with Crippen molar-refractivity contribution < 1.29 is 0 Å². The molecule has 0 aliphatic carbocycles. The molecule has 0 fully saturated rings. The van der Waals surface area contributed by atoms with Gasteiger partial charge in [0.1, 0.15) is 5.00 Å². The molecule has 0 saturated heterocycles. The van der Waals surface area contributed by atoms with Gasteiger partial charge in [0.2, 0.25) is 0 Å². The average molecular weight is 206 g/mol. The molecular formula is C11H14N2S. The summed E-state index contributed by atoms with van der Waals surface area (Å²) in [5.41, 5.74) is 1.11. The minimum atomic E-state index is 1.04. The van der Waals surface area contributed by atoms with E-state index < -0.39 is 0 Å². The van der Waals surface area contributed by atoms with Crippen LogP contribution in [0.2, 0.25) is 0 Å².